The number of nitro groups is 1. The van der Waals surface area contributed by atoms with Crippen molar-refractivity contribution in [1.82, 2.24) is 0 Å². The third-order valence-electron chi connectivity index (χ3n) is 6.56. The molecule has 3 aromatic rings. The Morgan fingerprint density at radius 1 is 0.972 bits per heavy atom. The lowest BCUT2D eigenvalue weighted by Crippen LogP contribution is -3.15. The Hall–Kier alpha value is -3.56. The summed E-state index contributed by atoms with van der Waals surface area (Å²) in [5.74, 6) is 1.76. The molecular weight excluding hydrogens is 486 g/mol. The van der Waals surface area contributed by atoms with E-state index in [9.17, 15) is 14.9 Å². The molecule has 0 radical (unpaired) electrons. The fourth-order valence-corrected chi connectivity index (χ4v) is 4.60. The smallest absolute Gasteiger partial charge is 0.269 e. The van der Waals surface area contributed by atoms with Gasteiger partial charge in [0.2, 0.25) is 5.75 Å². The van der Waals surface area contributed by atoms with Gasteiger partial charge in [-0.2, -0.15) is 0 Å². The molecule has 0 atom stereocenters. The lowest BCUT2D eigenvalue weighted by atomic mass is 10.0. The van der Waals surface area contributed by atoms with Crippen molar-refractivity contribution in [3.8, 4) is 17.2 Å². The van der Waals surface area contributed by atoms with Crippen molar-refractivity contribution in [3.63, 3.8) is 0 Å². The summed E-state index contributed by atoms with van der Waals surface area (Å²) in [7, 11) is 4.72. The fraction of sp³-hybridized carbons (Fsp3) is 0.346. The second kappa shape index (κ2) is 11.9. The van der Waals surface area contributed by atoms with Gasteiger partial charge in [0.25, 0.3) is 5.69 Å². The van der Waals surface area contributed by atoms with E-state index in [-0.39, 0.29) is 28.8 Å². The zero-order valence-electron chi connectivity index (χ0n) is 20.6. The van der Waals surface area contributed by atoms with Gasteiger partial charge in [0.15, 0.2) is 17.3 Å². The molecular formula is C26H30ClN3O6. The van der Waals surface area contributed by atoms with Crippen LogP contribution in [0.2, 0.25) is 0 Å². The number of halogens is 1. The number of non-ortho nitro benzene ring substituents is 1. The topological polar surface area (TPSA) is 95.6 Å². The van der Waals surface area contributed by atoms with Gasteiger partial charge < -0.3 is 36.4 Å². The third kappa shape index (κ3) is 5.63. The minimum atomic E-state index is -0.387. The molecule has 1 fully saturated rings. The highest BCUT2D eigenvalue weighted by Gasteiger charge is 2.22. The first-order chi connectivity index (χ1) is 16.9. The number of piperazine rings is 1. The Labute approximate surface area is 216 Å². The van der Waals surface area contributed by atoms with Crippen molar-refractivity contribution in [2.75, 3.05) is 59.0 Å². The van der Waals surface area contributed by atoms with Crippen LogP contribution in [0.5, 0.6) is 17.2 Å². The number of hydrogen-bond donors (Lipinski definition) is 1. The van der Waals surface area contributed by atoms with E-state index in [0.29, 0.717) is 29.2 Å². The summed E-state index contributed by atoms with van der Waals surface area (Å²) in [5.41, 5.74) is 1.75. The maximum atomic E-state index is 13.0. The molecule has 0 saturated carbocycles. The number of nitro benzene ring substituents is 1. The number of carbonyl (C=O) groups is 1. The lowest BCUT2D eigenvalue weighted by molar-refractivity contribution is -0.899. The van der Waals surface area contributed by atoms with Crippen LogP contribution in [-0.2, 0) is 0 Å². The van der Waals surface area contributed by atoms with Gasteiger partial charge in [0.05, 0.1) is 65.4 Å². The summed E-state index contributed by atoms with van der Waals surface area (Å²) in [6.07, 6.45) is 0.461. The normalized spacial score (nSPS) is 13.7. The SMILES string of the molecule is COc1cc2cc(C(=O)CC[NH+]3CCN(c4ccc([N+](=O)[O-])cc4)CC3)ccc2c(OC)c1OC.[Cl-]. The summed E-state index contributed by atoms with van der Waals surface area (Å²) in [5, 5.41) is 12.6. The first-order valence-electron chi connectivity index (χ1n) is 11.5. The molecule has 4 rings (SSSR count). The first kappa shape index (κ1) is 27.0. The number of nitrogens with one attached hydrogen (secondary N) is 1. The quantitative estimate of drug-likeness (QED) is 0.239. The molecule has 192 valence electrons. The molecule has 10 heteroatoms. The minimum absolute atomic E-state index is 0. The molecule has 1 N–H and O–H groups in total. The van der Waals surface area contributed by atoms with Crippen molar-refractivity contribution >= 4 is 27.9 Å². The van der Waals surface area contributed by atoms with Gasteiger partial charge in [-0.25, -0.2) is 0 Å². The number of hydrogen-bond acceptors (Lipinski definition) is 7. The number of rotatable bonds is 9. The van der Waals surface area contributed by atoms with Crippen molar-refractivity contribution < 1.29 is 41.2 Å². The summed E-state index contributed by atoms with van der Waals surface area (Å²) in [6, 6.07) is 14.1. The number of ether oxygens (including phenoxy) is 3. The van der Waals surface area contributed by atoms with E-state index in [0.717, 1.165) is 49.2 Å². The lowest BCUT2D eigenvalue weighted by Gasteiger charge is -2.33. The molecule has 3 aromatic carbocycles. The average molecular weight is 516 g/mol. The standard InChI is InChI=1S/C26H29N3O6.ClH/c1-33-24-17-19-16-18(4-9-22(19)25(34-2)26(24)35-3)23(30)10-11-27-12-14-28(15-13-27)20-5-7-21(8-6-20)29(31)32;/h4-9,16-17H,10-15H2,1-3H3;1H. The number of nitrogens with zero attached hydrogens (tertiary/aromatic N) is 2. The van der Waals surface area contributed by atoms with Crippen LogP contribution >= 0.6 is 0 Å². The van der Waals surface area contributed by atoms with Crippen LogP contribution in [0.25, 0.3) is 10.8 Å². The zero-order chi connectivity index (χ0) is 24.9. The van der Waals surface area contributed by atoms with Crippen LogP contribution in [-0.4, -0.2) is 64.8 Å². The number of Topliss-reactive ketones (excluding diaryl/α,β-unsaturated/α-hetero) is 1. The van der Waals surface area contributed by atoms with E-state index in [1.807, 2.05) is 24.3 Å². The van der Waals surface area contributed by atoms with Gasteiger partial charge in [-0.05, 0) is 35.7 Å². The van der Waals surface area contributed by atoms with E-state index >= 15 is 0 Å². The highest BCUT2D eigenvalue weighted by molar-refractivity contribution is 6.02. The monoisotopic (exact) mass is 515 g/mol. The van der Waals surface area contributed by atoms with Crippen molar-refractivity contribution in [2.24, 2.45) is 0 Å². The summed E-state index contributed by atoms with van der Waals surface area (Å²) < 4.78 is 16.4. The molecule has 0 aliphatic carbocycles. The number of methoxy groups -OCH3 is 3. The number of fused-ring (bicyclic) bond motifs is 1. The molecule has 1 aliphatic heterocycles. The van der Waals surface area contributed by atoms with E-state index in [1.165, 1.54) is 17.0 Å². The summed E-state index contributed by atoms with van der Waals surface area (Å²) >= 11 is 0. The predicted molar refractivity (Wildman–Crippen MR) is 133 cm³/mol. The largest absolute Gasteiger partial charge is 1.00 e. The predicted octanol–water partition coefficient (Wildman–Crippen LogP) is -0.244. The first-order valence-corrected chi connectivity index (χ1v) is 11.5. The molecule has 1 saturated heterocycles. The molecule has 0 aromatic heterocycles. The van der Waals surface area contributed by atoms with Gasteiger partial charge in [-0.15, -0.1) is 0 Å². The number of quaternary nitrogens is 1. The van der Waals surface area contributed by atoms with Crippen molar-refractivity contribution in [1.29, 1.82) is 0 Å². The zero-order valence-corrected chi connectivity index (χ0v) is 21.3. The number of benzene rings is 3. The molecule has 1 aliphatic rings. The number of ketones is 1. The van der Waals surface area contributed by atoms with Crippen LogP contribution in [0, 0.1) is 10.1 Å². The Bertz CT molecular complexity index is 1230. The van der Waals surface area contributed by atoms with E-state index in [1.54, 1.807) is 33.5 Å². The number of anilines is 1. The fourth-order valence-electron chi connectivity index (χ4n) is 4.60. The van der Waals surface area contributed by atoms with Crippen LogP contribution in [0.4, 0.5) is 11.4 Å². The highest BCUT2D eigenvalue weighted by atomic mass is 35.5. The van der Waals surface area contributed by atoms with Gasteiger partial charge in [0.1, 0.15) is 0 Å². The van der Waals surface area contributed by atoms with Crippen molar-refractivity contribution in [2.45, 2.75) is 6.42 Å². The van der Waals surface area contributed by atoms with Gasteiger partial charge >= 0.3 is 0 Å². The summed E-state index contributed by atoms with van der Waals surface area (Å²) in [6.45, 7) is 4.28. The maximum absolute atomic E-state index is 13.0. The molecule has 0 amide bonds. The molecule has 0 bridgehead atoms. The Balaban J connectivity index is 0.00000361. The van der Waals surface area contributed by atoms with Crippen LogP contribution < -0.4 is 36.4 Å². The van der Waals surface area contributed by atoms with Gasteiger partial charge in [-0.3, -0.25) is 14.9 Å². The average Bonchev–Trinajstić information content (AvgIpc) is 2.90. The molecule has 0 unspecified atom stereocenters. The Morgan fingerprint density at radius 3 is 2.22 bits per heavy atom. The Morgan fingerprint density at radius 2 is 1.64 bits per heavy atom. The second-order valence-corrected chi connectivity index (χ2v) is 8.51. The second-order valence-electron chi connectivity index (χ2n) is 8.51. The molecule has 1 heterocycles. The highest BCUT2D eigenvalue weighted by Crippen LogP contribution is 2.43. The minimum Gasteiger partial charge on any atom is -1.00 e. The van der Waals surface area contributed by atoms with Gasteiger partial charge in [-0.1, -0.05) is 6.07 Å². The Kier molecular flexibility index (Phi) is 8.95. The van der Waals surface area contributed by atoms with E-state index in [4.69, 9.17) is 14.2 Å². The summed E-state index contributed by atoms with van der Waals surface area (Å²) in [4.78, 5) is 27.0. The van der Waals surface area contributed by atoms with Gasteiger partial charge in [0, 0.05) is 28.8 Å². The van der Waals surface area contributed by atoms with Crippen LogP contribution in [0.15, 0.2) is 48.5 Å². The maximum Gasteiger partial charge on any atom is 0.269 e. The van der Waals surface area contributed by atoms with Crippen LogP contribution in [0.3, 0.4) is 0 Å². The van der Waals surface area contributed by atoms with E-state index < -0.39 is 0 Å². The number of carbonyl (C=O) groups excluding carboxylic acids is 1. The van der Waals surface area contributed by atoms with Crippen molar-refractivity contribution in [3.05, 3.63) is 64.2 Å². The molecule has 36 heavy (non-hydrogen) atoms. The third-order valence-corrected chi connectivity index (χ3v) is 6.56. The van der Waals surface area contributed by atoms with E-state index in [2.05, 4.69) is 4.90 Å². The molecule has 9 nitrogen and oxygen atoms in total. The van der Waals surface area contributed by atoms with Crippen LogP contribution in [0.1, 0.15) is 16.8 Å². The molecule has 0 spiro atoms.